The number of rotatable bonds is 7. The topological polar surface area (TPSA) is 33.2 Å². The number of benzene rings is 2. The molecule has 1 aliphatic heterocycles. The van der Waals surface area contributed by atoms with E-state index in [1.54, 1.807) is 23.5 Å². The first kappa shape index (κ1) is 19.6. The van der Waals surface area contributed by atoms with Crippen molar-refractivity contribution in [1.29, 1.82) is 0 Å². The van der Waals surface area contributed by atoms with Gasteiger partial charge in [0.1, 0.15) is 0 Å². The van der Waals surface area contributed by atoms with E-state index >= 15 is 0 Å². The Morgan fingerprint density at radius 1 is 1.11 bits per heavy atom. The van der Waals surface area contributed by atoms with E-state index < -0.39 is 0 Å². The maximum Gasteiger partial charge on any atom is 0.166 e. The molecule has 1 aliphatic rings. The minimum Gasteiger partial charge on any atom is -0.303 e. The monoisotopic (exact) mass is 412 g/mol. The molecule has 2 aromatic carbocycles. The predicted octanol–water partition coefficient (Wildman–Crippen LogP) is 5.87. The largest absolute Gasteiger partial charge is 0.303 e. The number of aryl methyl sites for hydroxylation is 1. The molecule has 0 amide bonds. The number of likely N-dealkylation sites (tertiary alicyclic amines) is 1. The van der Waals surface area contributed by atoms with Crippen LogP contribution in [0.4, 0.5) is 0 Å². The van der Waals surface area contributed by atoms with E-state index in [4.69, 9.17) is 11.6 Å². The summed E-state index contributed by atoms with van der Waals surface area (Å²) >= 11 is 7.63. The van der Waals surface area contributed by atoms with Gasteiger partial charge in [0, 0.05) is 16.5 Å². The van der Waals surface area contributed by atoms with Crippen LogP contribution in [-0.4, -0.2) is 35.3 Å². The number of fused-ring (bicyclic) bond motifs is 1. The molecular weight excluding hydrogens is 388 g/mol. The third-order valence-electron chi connectivity index (χ3n) is 5.67. The van der Waals surface area contributed by atoms with Gasteiger partial charge in [0.25, 0.3) is 0 Å². The Kier molecular flexibility index (Phi) is 6.40. The highest BCUT2D eigenvalue weighted by atomic mass is 35.5. The van der Waals surface area contributed by atoms with Gasteiger partial charge in [0.05, 0.1) is 15.7 Å². The van der Waals surface area contributed by atoms with Crippen LogP contribution in [0.25, 0.3) is 10.2 Å². The lowest BCUT2D eigenvalue weighted by atomic mass is 9.89. The number of ketones is 1. The number of piperidine rings is 1. The Morgan fingerprint density at radius 2 is 1.89 bits per heavy atom. The SMILES string of the molecule is O=C(c1ccc(Cl)cc1)C1CCN(CCCCc2ccc3ncsc3c2)CC1. The molecule has 146 valence electrons. The summed E-state index contributed by atoms with van der Waals surface area (Å²) in [7, 11) is 0. The number of unbranched alkanes of at least 4 members (excludes halogenated alkanes) is 1. The molecule has 1 saturated heterocycles. The predicted molar refractivity (Wildman–Crippen MR) is 118 cm³/mol. The molecule has 4 rings (SSSR count). The van der Waals surface area contributed by atoms with Crippen LogP contribution in [-0.2, 0) is 6.42 Å². The standard InChI is InChI=1S/C23H25ClN2OS/c24-20-7-5-18(6-8-20)23(27)19-10-13-26(14-11-19)12-2-1-3-17-4-9-21-22(15-17)28-16-25-21/h4-9,15-16,19H,1-3,10-14H2. The summed E-state index contributed by atoms with van der Waals surface area (Å²) in [5.74, 6) is 0.429. The van der Waals surface area contributed by atoms with Crippen molar-refractivity contribution in [3.05, 3.63) is 64.1 Å². The second-order valence-electron chi connectivity index (χ2n) is 7.60. The molecule has 0 saturated carbocycles. The number of aromatic nitrogens is 1. The lowest BCUT2D eigenvalue weighted by Gasteiger charge is -2.31. The van der Waals surface area contributed by atoms with Gasteiger partial charge in [-0.2, -0.15) is 0 Å². The molecule has 0 unspecified atom stereocenters. The van der Waals surface area contributed by atoms with Gasteiger partial charge >= 0.3 is 0 Å². The minimum absolute atomic E-state index is 0.156. The zero-order chi connectivity index (χ0) is 19.3. The Hall–Kier alpha value is -1.75. The minimum atomic E-state index is 0.156. The highest BCUT2D eigenvalue weighted by molar-refractivity contribution is 7.16. The van der Waals surface area contributed by atoms with Crippen LogP contribution in [0.3, 0.4) is 0 Å². The molecule has 0 N–H and O–H groups in total. The van der Waals surface area contributed by atoms with Crippen LogP contribution in [0.15, 0.2) is 48.0 Å². The van der Waals surface area contributed by atoms with Crippen molar-refractivity contribution in [3.8, 4) is 0 Å². The van der Waals surface area contributed by atoms with Crippen LogP contribution in [0, 0.1) is 5.92 Å². The van der Waals surface area contributed by atoms with Gasteiger partial charge in [0.15, 0.2) is 5.78 Å². The number of Topliss-reactive ketones (excluding diaryl/α,β-unsaturated/α-hetero) is 1. The second kappa shape index (κ2) is 9.17. The maximum absolute atomic E-state index is 12.6. The normalized spacial score (nSPS) is 15.9. The van der Waals surface area contributed by atoms with Crippen molar-refractivity contribution in [3.63, 3.8) is 0 Å². The summed E-state index contributed by atoms with van der Waals surface area (Å²) in [6.07, 6.45) is 5.46. The van der Waals surface area contributed by atoms with E-state index in [9.17, 15) is 4.79 Å². The number of halogens is 1. The van der Waals surface area contributed by atoms with Crippen LogP contribution in [0.5, 0.6) is 0 Å². The third-order valence-corrected chi connectivity index (χ3v) is 6.72. The van der Waals surface area contributed by atoms with Crippen molar-refractivity contribution in [2.24, 2.45) is 5.92 Å². The summed E-state index contributed by atoms with van der Waals surface area (Å²) in [6, 6.07) is 13.9. The van der Waals surface area contributed by atoms with Crippen molar-refractivity contribution in [1.82, 2.24) is 9.88 Å². The quantitative estimate of drug-likeness (QED) is 0.359. The van der Waals surface area contributed by atoms with Gasteiger partial charge in [-0.05, 0) is 93.7 Å². The summed E-state index contributed by atoms with van der Waals surface area (Å²) in [5, 5.41) is 0.679. The molecule has 3 aromatic rings. The molecule has 28 heavy (non-hydrogen) atoms. The van der Waals surface area contributed by atoms with Gasteiger partial charge in [-0.3, -0.25) is 4.79 Å². The van der Waals surface area contributed by atoms with Crippen molar-refractivity contribution in [2.75, 3.05) is 19.6 Å². The number of hydrogen-bond donors (Lipinski definition) is 0. The van der Waals surface area contributed by atoms with E-state index in [-0.39, 0.29) is 11.7 Å². The molecule has 3 nitrogen and oxygen atoms in total. The van der Waals surface area contributed by atoms with Gasteiger partial charge in [-0.1, -0.05) is 17.7 Å². The number of carbonyl (C=O) groups excluding carboxylic acids is 1. The fourth-order valence-electron chi connectivity index (χ4n) is 3.99. The van der Waals surface area contributed by atoms with Crippen LogP contribution >= 0.6 is 22.9 Å². The zero-order valence-corrected chi connectivity index (χ0v) is 17.5. The van der Waals surface area contributed by atoms with E-state index in [2.05, 4.69) is 28.1 Å². The van der Waals surface area contributed by atoms with E-state index in [0.717, 1.165) is 50.0 Å². The summed E-state index contributed by atoms with van der Waals surface area (Å²) in [6.45, 7) is 3.18. The lowest BCUT2D eigenvalue weighted by molar-refractivity contribution is 0.0839. The first-order chi connectivity index (χ1) is 13.7. The van der Waals surface area contributed by atoms with Gasteiger partial charge in [-0.15, -0.1) is 11.3 Å². The Morgan fingerprint density at radius 3 is 2.68 bits per heavy atom. The van der Waals surface area contributed by atoms with E-state index in [0.29, 0.717) is 5.02 Å². The average molecular weight is 413 g/mol. The molecular formula is C23H25ClN2OS. The second-order valence-corrected chi connectivity index (χ2v) is 8.92. The Bertz CT molecular complexity index is 929. The molecule has 5 heteroatoms. The smallest absolute Gasteiger partial charge is 0.166 e. The summed E-state index contributed by atoms with van der Waals surface area (Å²) in [5.41, 5.74) is 5.21. The molecule has 1 aromatic heterocycles. The molecule has 2 heterocycles. The molecule has 0 radical (unpaired) electrons. The van der Waals surface area contributed by atoms with Crippen molar-refractivity contribution >= 4 is 38.9 Å². The molecule has 0 atom stereocenters. The average Bonchev–Trinajstić information content (AvgIpc) is 3.20. The highest BCUT2D eigenvalue weighted by Gasteiger charge is 2.25. The number of hydrogen-bond acceptors (Lipinski definition) is 4. The van der Waals surface area contributed by atoms with E-state index in [1.165, 1.54) is 23.1 Å². The Balaban J connectivity index is 1.18. The van der Waals surface area contributed by atoms with Gasteiger partial charge in [-0.25, -0.2) is 4.98 Å². The van der Waals surface area contributed by atoms with Gasteiger partial charge < -0.3 is 4.90 Å². The van der Waals surface area contributed by atoms with Crippen LogP contribution < -0.4 is 0 Å². The number of thiazole rings is 1. The Labute approximate surface area is 175 Å². The number of nitrogens with zero attached hydrogens (tertiary/aromatic N) is 2. The molecule has 0 bridgehead atoms. The third kappa shape index (κ3) is 4.80. The lowest BCUT2D eigenvalue weighted by Crippen LogP contribution is -2.36. The fraction of sp³-hybridized carbons (Fsp3) is 0.391. The molecule has 1 fully saturated rings. The van der Waals surface area contributed by atoms with Crippen LogP contribution in [0.2, 0.25) is 5.02 Å². The summed E-state index contributed by atoms with van der Waals surface area (Å²) < 4.78 is 1.28. The first-order valence-electron chi connectivity index (χ1n) is 10.0. The first-order valence-corrected chi connectivity index (χ1v) is 11.3. The molecule has 0 spiro atoms. The van der Waals surface area contributed by atoms with Crippen molar-refractivity contribution in [2.45, 2.75) is 32.1 Å². The van der Waals surface area contributed by atoms with E-state index in [1.807, 2.05) is 17.6 Å². The molecule has 0 aliphatic carbocycles. The van der Waals surface area contributed by atoms with Crippen molar-refractivity contribution < 1.29 is 4.79 Å². The summed E-state index contributed by atoms with van der Waals surface area (Å²) in [4.78, 5) is 19.5. The fourth-order valence-corrected chi connectivity index (χ4v) is 4.85. The van der Waals surface area contributed by atoms with Crippen LogP contribution in [0.1, 0.15) is 41.6 Å². The highest BCUT2D eigenvalue weighted by Crippen LogP contribution is 2.23. The number of carbonyl (C=O) groups is 1. The van der Waals surface area contributed by atoms with Gasteiger partial charge in [0.2, 0.25) is 0 Å². The zero-order valence-electron chi connectivity index (χ0n) is 15.9. The maximum atomic E-state index is 12.6.